The van der Waals surface area contributed by atoms with Crippen molar-refractivity contribution in [2.24, 2.45) is 0 Å². The summed E-state index contributed by atoms with van der Waals surface area (Å²) >= 11 is 0. The second-order valence-corrected chi connectivity index (χ2v) is 7.70. The van der Waals surface area contributed by atoms with E-state index in [1.165, 1.54) is 11.1 Å². The Kier molecular flexibility index (Phi) is 5.41. The normalized spacial score (nSPS) is 12.3. The van der Waals surface area contributed by atoms with Gasteiger partial charge in [-0.25, -0.2) is 0 Å². The molecule has 4 aromatic carbocycles. The first-order valence-electron chi connectivity index (χ1n) is 9.94. The molecular formula is C26H26O3. The molecule has 0 saturated carbocycles. The summed E-state index contributed by atoms with van der Waals surface area (Å²) in [5, 5.41) is 14.8. The van der Waals surface area contributed by atoms with Gasteiger partial charge in [-0.05, 0) is 55.3 Å². The van der Waals surface area contributed by atoms with E-state index in [-0.39, 0.29) is 13.2 Å². The number of fused-ring (bicyclic) bond motifs is 2. The van der Waals surface area contributed by atoms with Crippen LogP contribution in [0.15, 0.2) is 66.7 Å². The van der Waals surface area contributed by atoms with Crippen LogP contribution in [0, 0.1) is 20.8 Å². The Bertz CT molecular complexity index is 1160. The average Bonchev–Trinajstić information content (AvgIpc) is 2.70. The van der Waals surface area contributed by atoms with Gasteiger partial charge >= 0.3 is 0 Å². The van der Waals surface area contributed by atoms with Crippen LogP contribution in [-0.4, -0.2) is 24.4 Å². The van der Waals surface area contributed by atoms with E-state index in [2.05, 4.69) is 56.3 Å². The van der Waals surface area contributed by atoms with Crippen LogP contribution in [-0.2, 0) is 0 Å². The fourth-order valence-electron chi connectivity index (χ4n) is 3.60. The maximum Gasteiger partial charge on any atom is 0.135 e. The van der Waals surface area contributed by atoms with Gasteiger partial charge < -0.3 is 14.6 Å². The van der Waals surface area contributed by atoms with Crippen LogP contribution in [0.5, 0.6) is 11.5 Å². The quantitative estimate of drug-likeness (QED) is 0.430. The van der Waals surface area contributed by atoms with E-state index >= 15 is 0 Å². The van der Waals surface area contributed by atoms with Crippen molar-refractivity contribution in [2.75, 3.05) is 13.2 Å². The van der Waals surface area contributed by atoms with E-state index in [9.17, 15) is 5.11 Å². The van der Waals surface area contributed by atoms with Crippen molar-refractivity contribution in [3.05, 3.63) is 83.4 Å². The molecule has 0 heterocycles. The number of ether oxygens (including phenoxy) is 2. The highest BCUT2D eigenvalue weighted by Crippen LogP contribution is 2.36. The monoisotopic (exact) mass is 386 g/mol. The number of benzene rings is 4. The van der Waals surface area contributed by atoms with E-state index in [1.54, 1.807) is 0 Å². The minimum Gasteiger partial charge on any atom is -0.490 e. The van der Waals surface area contributed by atoms with Crippen LogP contribution in [0.4, 0.5) is 0 Å². The van der Waals surface area contributed by atoms with Crippen molar-refractivity contribution in [3.63, 3.8) is 0 Å². The molecule has 1 atom stereocenters. The lowest BCUT2D eigenvalue weighted by Gasteiger charge is -2.17. The summed E-state index contributed by atoms with van der Waals surface area (Å²) in [6.07, 6.45) is -0.727. The molecule has 0 aliphatic heterocycles. The fraction of sp³-hybridized carbons (Fsp3) is 0.231. The third kappa shape index (κ3) is 4.20. The van der Waals surface area contributed by atoms with Crippen LogP contribution in [0.1, 0.15) is 16.7 Å². The number of hydrogen-bond acceptors (Lipinski definition) is 3. The van der Waals surface area contributed by atoms with Gasteiger partial charge in [0.1, 0.15) is 30.8 Å². The summed E-state index contributed by atoms with van der Waals surface area (Å²) in [5.41, 5.74) is 3.44. The summed E-state index contributed by atoms with van der Waals surface area (Å²) < 4.78 is 11.9. The van der Waals surface area contributed by atoms with Gasteiger partial charge in [0.2, 0.25) is 0 Å². The molecule has 0 aromatic heterocycles. The van der Waals surface area contributed by atoms with Gasteiger partial charge in [0.15, 0.2) is 0 Å². The Morgan fingerprint density at radius 2 is 1.45 bits per heavy atom. The number of aliphatic hydroxyl groups excluding tert-OH is 1. The largest absolute Gasteiger partial charge is 0.490 e. The Labute approximate surface area is 171 Å². The first kappa shape index (κ1) is 19.3. The lowest BCUT2D eigenvalue weighted by molar-refractivity contribution is 0.0634. The van der Waals surface area contributed by atoms with E-state index in [0.29, 0.717) is 0 Å². The molecule has 1 unspecified atom stereocenters. The third-order valence-corrected chi connectivity index (χ3v) is 5.16. The van der Waals surface area contributed by atoms with Gasteiger partial charge in [0.05, 0.1) is 0 Å². The second kappa shape index (κ2) is 8.14. The molecule has 0 aliphatic carbocycles. The van der Waals surface area contributed by atoms with Crippen molar-refractivity contribution in [3.8, 4) is 11.5 Å². The van der Waals surface area contributed by atoms with Crippen molar-refractivity contribution in [2.45, 2.75) is 26.9 Å². The Balaban J connectivity index is 1.58. The van der Waals surface area contributed by atoms with E-state index in [4.69, 9.17) is 9.47 Å². The van der Waals surface area contributed by atoms with Crippen molar-refractivity contribution in [1.82, 2.24) is 0 Å². The molecule has 148 valence electrons. The molecule has 3 nitrogen and oxygen atoms in total. The summed E-state index contributed by atoms with van der Waals surface area (Å²) in [7, 11) is 0. The summed E-state index contributed by atoms with van der Waals surface area (Å²) in [6, 6.07) is 22.7. The zero-order valence-corrected chi connectivity index (χ0v) is 17.1. The highest BCUT2D eigenvalue weighted by molar-refractivity contribution is 6.05. The zero-order chi connectivity index (χ0) is 20.4. The predicted octanol–water partition coefficient (Wildman–Crippen LogP) is 5.74. The lowest BCUT2D eigenvalue weighted by atomic mass is 9.99. The highest BCUT2D eigenvalue weighted by Gasteiger charge is 2.13. The molecule has 0 radical (unpaired) electrons. The van der Waals surface area contributed by atoms with Crippen molar-refractivity contribution >= 4 is 21.5 Å². The van der Waals surface area contributed by atoms with Crippen molar-refractivity contribution < 1.29 is 14.6 Å². The molecule has 0 amide bonds. The van der Waals surface area contributed by atoms with Gasteiger partial charge in [-0.3, -0.25) is 0 Å². The summed E-state index contributed by atoms with van der Waals surface area (Å²) in [6.45, 7) is 6.51. The minimum absolute atomic E-state index is 0.169. The SMILES string of the molecule is Cc1ccc2c(OCC(O)COc3ccccc3C)c3cc(C)ccc3cc2c1. The van der Waals surface area contributed by atoms with E-state index in [0.717, 1.165) is 38.6 Å². The Morgan fingerprint density at radius 1 is 0.724 bits per heavy atom. The van der Waals surface area contributed by atoms with Gasteiger partial charge in [0, 0.05) is 10.8 Å². The van der Waals surface area contributed by atoms with Gasteiger partial charge in [-0.2, -0.15) is 0 Å². The van der Waals surface area contributed by atoms with Crippen LogP contribution < -0.4 is 9.47 Å². The molecule has 0 fully saturated rings. The number of rotatable bonds is 6. The minimum atomic E-state index is -0.727. The summed E-state index contributed by atoms with van der Waals surface area (Å²) in [5.74, 6) is 1.60. The second-order valence-electron chi connectivity index (χ2n) is 7.70. The number of para-hydroxylation sites is 1. The molecule has 3 heteroatoms. The van der Waals surface area contributed by atoms with Gasteiger partial charge in [-0.1, -0.05) is 59.7 Å². The van der Waals surface area contributed by atoms with Crippen molar-refractivity contribution in [1.29, 1.82) is 0 Å². The first-order valence-corrected chi connectivity index (χ1v) is 9.94. The maximum absolute atomic E-state index is 10.5. The molecule has 4 aromatic rings. The fourth-order valence-corrected chi connectivity index (χ4v) is 3.60. The van der Waals surface area contributed by atoms with Crippen LogP contribution in [0.2, 0.25) is 0 Å². The third-order valence-electron chi connectivity index (χ3n) is 5.16. The molecule has 0 bridgehead atoms. The number of aliphatic hydroxyl groups is 1. The number of hydrogen-bond donors (Lipinski definition) is 1. The standard InChI is InChI=1S/C26H26O3/c1-17-9-11-23-21(12-17)14-20-10-8-18(2)13-24(20)26(23)29-16-22(27)15-28-25-7-5-4-6-19(25)3/h4-14,22,27H,15-16H2,1-3H3. The summed E-state index contributed by atoms with van der Waals surface area (Å²) in [4.78, 5) is 0. The predicted molar refractivity (Wildman–Crippen MR) is 119 cm³/mol. The van der Waals surface area contributed by atoms with Gasteiger partial charge in [-0.15, -0.1) is 0 Å². The number of aryl methyl sites for hydroxylation is 3. The molecule has 1 N–H and O–H groups in total. The lowest BCUT2D eigenvalue weighted by Crippen LogP contribution is -2.25. The van der Waals surface area contributed by atoms with Crippen LogP contribution >= 0.6 is 0 Å². The smallest absolute Gasteiger partial charge is 0.135 e. The van der Waals surface area contributed by atoms with Crippen LogP contribution in [0.3, 0.4) is 0 Å². The molecule has 0 spiro atoms. The topological polar surface area (TPSA) is 38.7 Å². The first-order chi connectivity index (χ1) is 14.0. The zero-order valence-electron chi connectivity index (χ0n) is 17.1. The molecule has 4 rings (SSSR count). The Hall–Kier alpha value is -3.04. The Morgan fingerprint density at radius 3 is 2.28 bits per heavy atom. The molecule has 0 aliphatic rings. The van der Waals surface area contributed by atoms with E-state index < -0.39 is 6.10 Å². The average molecular weight is 386 g/mol. The molecular weight excluding hydrogens is 360 g/mol. The highest BCUT2D eigenvalue weighted by atomic mass is 16.5. The van der Waals surface area contributed by atoms with Gasteiger partial charge in [0.25, 0.3) is 0 Å². The van der Waals surface area contributed by atoms with E-state index in [1.807, 2.05) is 31.2 Å². The maximum atomic E-state index is 10.5. The molecule has 0 saturated heterocycles. The molecule has 29 heavy (non-hydrogen) atoms. The van der Waals surface area contributed by atoms with Crippen LogP contribution in [0.25, 0.3) is 21.5 Å².